The summed E-state index contributed by atoms with van der Waals surface area (Å²) in [6.45, 7) is 5.19. The van der Waals surface area contributed by atoms with Gasteiger partial charge < -0.3 is 14.4 Å². The highest BCUT2D eigenvalue weighted by atomic mass is 35.5. The minimum Gasteiger partial charge on any atom is -0.495 e. The predicted octanol–water partition coefficient (Wildman–Crippen LogP) is 2.15. The first-order valence-electron chi connectivity index (χ1n) is 7.62. The van der Waals surface area contributed by atoms with Gasteiger partial charge in [-0.2, -0.15) is 0 Å². The van der Waals surface area contributed by atoms with Gasteiger partial charge in [-0.05, 0) is 32.0 Å². The van der Waals surface area contributed by atoms with E-state index < -0.39 is 15.4 Å². The summed E-state index contributed by atoms with van der Waals surface area (Å²) in [4.78, 5) is 14.2. The van der Waals surface area contributed by atoms with Gasteiger partial charge in [0.05, 0.1) is 41.5 Å². The van der Waals surface area contributed by atoms with Gasteiger partial charge in [0.15, 0.2) is 9.84 Å². The van der Waals surface area contributed by atoms with Gasteiger partial charge in [-0.25, -0.2) is 8.42 Å². The van der Waals surface area contributed by atoms with E-state index in [2.05, 4.69) is 0 Å². The lowest BCUT2D eigenvalue weighted by molar-refractivity contribution is -0.145. The average molecular weight is 376 g/mol. The van der Waals surface area contributed by atoms with Crippen molar-refractivity contribution in [2.45, 2.75) is 30.7 Å². The quantitative estimate of drug-likeness (QED) is 0.788. The summed E-state index contributed by atoms with van der Waals surface area (Å²) in [6, 6.07) is 4.28. The Labute approximate surface area is 147 Å². The monoisotopic (exact) mass is 375 g/mol. The molecule has 0 aliphatic carbocycles. The van der Waals surface area contributed by atoms with E-state index in [1.165, 1.54) is 25.3 Å². The molecule has 0 saturated carbocycles. The van der Waals surface area contributed by atoms with Gasteiger partial charge in [-0.1, -0.05) is 11.6 Å². The maximum absolute atomic E-state index is 12.4. The normalized spacial score (nSPS) is 17.6. The number of hydrogen-bond donors (Lipinski definition) is 0. The van der Waals surface area contributed by atoms with Gasteiger partial charge in [0.2, 0.25) is 5.91 Å². The zero-order valence-electron chi connectivity index (χ0n) is 14.0. The molecule has 1 amide bonds. The molecule has 2 rings (SSSR count). The SMILES string of the molecule is COc1ccc(S(=O)(=O)CCC(=O)N2CCOCC2(C)C)cc1Cl. The molecule has 1 aromatic carbocycles. The zero-order chi connectivity index (χ0) is 18.0. The fraction of sp³-hybridized carbons (Fsp3) is 0.562. The number of benzene rings is 1. The average Bonchev–Trinajstić information content (AvgIpc) is 2.52. The topological polar surface area (TPSA) is 72.9 Å². The molecule has 1 aliphatic heterocycles. The fourth-order valence-corrected chi connectivity index (χ4v) is 4.21. The van der Waals surface area contributed by atoms with Crippen LogP contribution in [0.25, 0.3) is 0 Å². The Kier molecular flexibility index (Phi) is 5.78. The summed E-state index contributed by atoms with van der Waals surface area (Å²) >= 11 is 5.98. The Bertz CT molecular complexity index is 717. The molecule has 1 aliphatic rings. The zero-order valence-corrected chi connectivity index (χ0v) is 15.6. The second-order valence-corrected chi connectivity index (χ2v) is 8.79. The highest BCUT2D eigenvalue weighted by Gasteiger charge is 2.34. The first-order valence-corrected chi connectivity index (χ1v) is 9.65. The summed E-state index contributed by atoms with van der Waals surface area (Å²) in [7, 11) is -2.14. The van der Waals surface area contributed by atoms with Crippen molar-refractivity contribution in [3.8, 4) is 5.75 Å². The number of ether oxygens (including phenoxy) is 2. The van der Waals surface area contributed by atoms with Crippen LogP contribution in [-0.4, -0.2) is 57.4 Å². The molecule has 1 saturated heterocycles. The molecule has 0 atom stereocenters. The van der Waals surface area contributed by atoms with Crippen molar-refractivity contribution < 1.29 is 22.7 Å². The summed E-state index contributed by atoms with van der Waals surface area (Å²) in [5.74, 6) is -0.0460. The Morgan fingerprint density at radius 3 is 2.71 bits per heavy atom. The number of amides is 1. The number of rotatable bonds is 5. The molecular formula is C16H22ClNO5S. The highest BCUT2D eigenvalue weighted by Crippen LogP contribution is 2.28. The van der Waals surface area contributed by atoms with Crippen LogP contribution in [0.5, 0.6) is 5.75 Å². The van der Waals surface area contributed by atoms with Crippen molar-refractivity contribution in [2.24, 2.45) is 0 Å². The van der Waals surface area contributed by atoms with Crippen molar-refractivity contribution >= 4 is 27.3 Å². The van der Waals surface area contributed by atoms with Gasteiger partial charge >= 0.3 is 0 Å². The van der Waals surface area contributed by atoms with E-state index in [-0.39, 0.29) is 28.0 Å². The first-order chi connectivity index (χ1) is 11.2. The van der Waals surface area contributed by atoms with Crippen LogP contribution >= 0.6 is 11.6 Å². The third-order valence-electron chi connectivity index (χ3n) is 4.01. The van der Waals surface area contributed by atoms with Crippen molar-refractivity contribution in [1.29, 1.82) is 0 Å². The molecule has 0 bridgehead atoms. The lowest BCUT2D eigenvalue weighted by atomic mass is 10.0. The number of sulfone groups is 1. The van der Waals surface area contributed by atoms with Gasteiger partial charge in [0.25, 0.3) is 0 Å². The first kappa shape index (κ1) is 19.0. The van der Waals surface area contributed by atoms with Gasteiger partial charge in [-0.15, -0.1) is 0 Å². The van der Waals surface area contributed by atoms with Crippen LogP contribution in [0.4, 0.5) is 0 Å². The summed E-state index contributed by atoms with van der Waals surface area (Å²) in [5.41, 5.74) is -0.428. The van der Waals surface area contributed by atoms with Crippen LogP contribution in [0.1, 0.15) is 20.3 Å². The van der Waals surface area contributed by atoms with Crippen LogP contribution in [-0.2, 0) is 19.4 Å². The molecule has 0 radical (unpaired) electrons. The minimum atomic E-state index is -3.60. The van der Waals surface area contributed by atoms with E-state index in [0.29, 0.717) is 25.5 Å². The molecule has 0 aromatic heterocycles. The number of carbonyl (C=O) groups is 1. The van der Waals surface area contributed by atoms with Crippen LogP contribution < -0.4 is 4.74 Å². The van der Waals surface area contributed by atoms with E-state index in [1.807, 2.05) is 13.8 Å². The summed E-state index contributed by atoms with van der Waals surface area (Å²) < 4.78 is 35.3. The molecule has 134 valence electrons. The molecule has 0 N–H and O–H groups in total. The van der Waals surface area contributed by atoms with E-state index in [9.17, 15) is 13.2 Å². The third kappa shape index (κ3) is 4.20. The largest absolute Gasteiger partial charge is 0.495 e. The number of hydrogen-bond acceptors (Lipinski definition) is 5. The lowest BCUT2D eigenvalue weighted by Gasteiger charge is -2.42. The molecule has 1 aromatic rings. The molecule has 1 heterocycles. The molecule has 24 heavy (non-hydrogen) atoms. The molecule has 0 spiro atoms. The second kappa shape index (κ2) is 7.29. The number of morpholine rings is 1. The Morgan fingerprint density at radius 1 is 1.42 bits per heavy atom. The van der Waals surface area contributed by atoms with Crippen LogP contribution in [0, 0.1) is 0 Å². The Hall–Kier alpha value is -1.31. The van der Waals surface area contributed by atoms with Crippen LogP contribution in [0.15, 0.2) is 23.1 Å². The number of nitrogens with zero attached hydrogens (tertiary/aromatic N) is 1. The number of methoxy groups -OCH3 is 1. The molecule has 0 unspecified atom stereocenters. The molecular weight excluding hydrogens is 354 g/mol. The van der Waals surface area contributed by atoms with E-state index in [1.54, 1.807) is 4.90 Å². The number of carbonyl (C=O) groups excluding carboxylic acids is 1. The maximum Gasteiger partial charge on any atom is 0.224 e. The number of halogens is 1. The van der Waals surface area contributed by atoms with Gasteiger partial charge in [0, 0.05) is 13.0 Å². The van der Waals surface area contributed by atoms with Crippen molar-refractivity contribution in [1.82, 2.24) is 4.90 Å². The Morgan fingerprint density at radius 2 is 2.12 bits per heavy atom. The maximum atomic E-state index is 12.4. The summed E-state index contributed by atoms with van der Waals surface area (Å²) in [5, 5.41) is 0.221. The smallest absolute Gasteiger partial charge is 0.224 e. The van der Waals surface area contributed by atoms with Crippen LogP contribution in [0.2, 0.25) is 5.02 Å². The van der Waals surface area contributed by atoms with Crippen molar-refractivity contribution in [2.75, 3.05) is 32.6 Å². The van der Waals surface area contributed by atoms with E-state index in [4.69, 9.17) is 21.1 Å². The van der Waals surface area contributed by atoms with Crippen LogP contribution in [0.3, 0.4) is 0 Å². The highest BCUT2D eigenvalue weighted by molar-refractivity contribution is 7.91. The van der Waals surface area contributed by atoms with Crippen molar-refractivity contribution in [3.63, 3.8) is 0 Å². The molecule has 1 fully saturated rings. The fourth-order valence-electron chi connectivity index (χ4n) is 2.64. The van der Waals surface area contributed by atoms with Gasteiger partial charge in [-0.3, -0.25) is 4.79 Å². The summed E-state index contributed by atoms with van der Waals surface area (Å²) in [6.07, 6.45) is -0.0740. The van der Waals surface area contributed by atoms with E-state index >= 15 is 0 Å². The van der Waals surface area contributed by atoms with Crippen molar-refractivity contribution in [3.05, 3.63) is 23.2 Å². The molecule has 6 nitrogen and oxygen atoms in total. The lowest BCUT2D eigenvalue weighted by Crippen LogP contribution is -2.55. The third-order valence-corrected chi connectivity index (χ3v) is 6.02. The Balaban J connectivity index is 2.07. The standard InChI is InChI=1S/C16H22ClNO5S/c1-16(2)11-23-8-7-18(16)15(19)6-9-24(20,21)12-4-5-14(22-3)13(17)10-12/h4-5,10H,6-9,11H2,1-3H3. The van der Waals surface area contributed by atoms with E-state index in [0.717, 1.165) is 0 Å². The predicted molar refractivity (Wildman–Crippen MR) is 91.3 cm³/mol. The minimum absolute atomic E-state index is 0.0740. The molecule has 8 heteroatoms. The second-order valence-electron chi connectivity index (χ2n) is 6.28. The van der Waals surface area contributed by atoms with Gasteiger partial charge in [0.1, 0.15) is 5.75 Å².